The Morgan fingerprint density at radius 3 is 2.27 bits per heavy atom. The second-order valence-electron chi connectivity index (χ2n) is 6.66. The van der Waals surface area contributed by atoms with Crippen molar-refractivity contribution in [3.05, 3.63) is 65.7 Å². The van der Waals surface area contributed by atoms with E-state index in [0.717, 1.165) is 12.8 Å². The zero-order valence-corrected chi connectivity index (χ0v) is 15.7. The maximum atomic E-state index is 12.5. The molecule has 0 unspecified atom stereocenters. The van der Waals surface area contributed by atoms with Crippen molar-refractivity contribution < 1.29 is 13.2 Å². The number of hydrogen-bond acceptors (Lipinski definition) is 3. The average Bonchev–Trinajstić information content (AvgIpc) is 3.22. The lowest BCUT2D eigenvalue weighted by atomic mass is 10.0. The van der Waals surface area contributed by atoms with E-state index < -0.39 is 10.0 Å². The summed E-state index contributed by atoms with van der Waals surface area (Å²) in [4.78, 5) is 12.6. The van der Waals surface area contributed by atoms with Gasteiger partial charge in [-0.15, -0.1) is 0 Å². The van der Waals surface area contributed by atoms with Crippen molar-refractivity contribution in [1.29, 1.82) is 0 Å². The molecule has 1 aliphatic heterocycles. The Kier molecular flexibility index (Phi) is 5.74. The lowest BCUT2D eigenvalue weighted by molar-refractivity contribution is 0.0951. The van der Waals surface area contributed by atoms with Gasteiger partial charge in [0.15, 0.2) is 0 Å². The van der Waals surface area contributed by atoms with E-state index in [-0.39, 0.29) is 16.7 Å². The highest BCUT2D eigenvalue weighted by atomic mass is 32.2. The summed E-state index contributed by atoms with van der Waals surface area (Å²) >= 11 is 0. The summed E-state index contributed by atoms with van der Waals surface area (Å²) in [5, 5.41) is 2.91. The van der Waals surface area contributed by atoms with E-state index >= 15 is 0 Å². The summed E-state index contributed by atoms with van der Waals surface area (Å²) in [7, 11) is -3.44. The largest absolute Gasteiger partial charge is 0.351 e. The molecular formula is C20H24N2O3S. The second kappa shape index (κ2) is 8.01. The van der Waals surface area contributed by atoms with Crippen molar-refractivity contribution in [3.63, 3.8) is 0 Å². The van der Waals surface area contributed by atoms with Crippen LogP contribution in [0.25, 0.3) is 0 Å². The molecule has 0 spiro atoms. The van der Waals surface area contributed by atoms with Crippen LogP contribution in [0, 0.1) is 0 Å². The number of amides is 1. The van der Waals surface area contributed by atoms with Gasteiger partial charge in [-0.1, -0.05) is 37.3 Å². The van der Waals surface area contributed by atoms with Crippen molar-refractivity contribution in [2.75, 3.05) is 19.6 Å². The summed E-state index contributed by atoms with van der Waals surface area (Å²) in [5.74, 6) is 0.00729. The molecule has 2 aromatic carbocycles. The van der Waals surface area contributed by atoms with Gasteiger partial charge in [0.2, 0.25) is 10.0 Å². The first-order valence-corrected chi connectivity index (χ1v) is 10.4. The summed E-state index contributed by atoms with van der Waals surface area (Å²) in [6.45, 7) is 3.72. The van der Waals surface area contributed by atoms with Gasteiger partial charge in [-0.2, -0.15) is 4.31 Å². The summed E-state index contributed by atoms with van der Waals surface area (Å²) in [6.07, 6.45) is 1.80. The first kappa shape index (κ1) is 18.6. The molecule has 6 heteroatoms. The third kappa shape index (κ3) is 4.14. The van der Waals surface area contributed by atoms with Gasteiger partial charge in [0.1, 0.15) is 0 Å². The minimum atomic E-state index is -3.44. The Morgan fingerprint density at radius 2 is 1.65 bits per heavy atom. The van der Waals surface area contributed by atoms with Gasteiger partial charge in [-0.3, -0.25) is 4.79 Å². The topological polar surface area (TPSA) is 66.5 Å². The van der Waals surface area contributed by atoms with Gasteiger partial charge in [0.05, 0.1) is 4.90 Å². The Morgan fingerprint density at radius 1 is 1.04 bits per heavy atom. The molecule has 138 valence electrons. The Bertz CT molecular complexity index is 842. The molecule has 1 aliphatic rings. The van der Waals surface area contributed by atoms with E-state index in [0.29, 0.717) is 25.2 Å². The lowest BCUT2D eigenvalue weighted by Gasteiger charge is -2.16. The number of rotatable bonds is 6. The molecule has 0 bridgehead atoms. The van der Waals surface area contributed by atoms with Gasteiger partial charge >= 0.3 is 0 Å². The van der Waals surface area contributed by atoms with Crippen molar-refractivity contribution in [1.82, 2.24) is 9.62 Å². The molecule has 1 heterocycles. The number of hydrogen-bond donors (Lipinski definition) is 1. The van der Waals surface area contributed by atoms with Gasteiger partial charge in [0, 0.05) is 25.2 Å². The normalized spacial score (nSPS) is 16.3. The molecule has 0 saturated carbocycles. The zero-order valence-electron chi connectivity index (χ0n) is 14.9. The van der Waals surface area contributed by atoms with Crippen molar-refractivity contribution in [3.8, 4) is 0 Å². The highest BCUT2D eigenvalue weighted by molar-refractivity contribution is 7.89. The monoisotopic (exact) mass is 372 g/mol. The number of benzene rings is 2. The average molecular weight is 372 g/mol. The van der Waals surface area contributed by atoms with E-state index in [1.807, 2.05) is 30.3 Å². The first-order chi connectivity index (χ1) is 12.5. The Balaban J connectivity index is 1.62. The predicted molar refractivity (Wildman–Crippen MR) is 102 cm³/mol. The number of nitrogens with one attached hydrogen (secondary N) is 1. The minimum Gasteiger partial charge on any atom is -0.351 e. The maximum absolute atomic E-state index is 12.5. The van der Waals surface area contributed by atoms with Crippen LogP contribution in [0.1, 0.15) is 41.6 Å². The van der Waals surface area contributed by atoms with E-state index in [9.17, 15) is 13.2 Å². The lowest BCUT2D eigenvalue weighted by Crippen LogP contribution is -2.29. The summed E-state index contributed by atoms with van der Waals surface area (Å²) < 4.78 is 26.5. The molecule has 1 saturated heterocycles. The van der Waals surface area contributed by atoms with Crippen molar-refractivity contribution >= 4 is 15.9 Å². The molecule has 1 fully saturated rings. The van der Waals surface area contributed by atoms with Crippen LogP contribution in [0.5, 0.6) is 0 Å². The van der Waals surface area contributed by atoms with E-state index in [4.69, 9.17) is 0 Å². The molecule has 0 aromatic heterocycles. The van der Waals surface area contributed by atoms with E-state index in [2.05, 4.69) is 12.2 Å². The Labute approximate surface area is 155 Å². The van der Waals surface area contributed by atoms with Gasteiger partial charge in [-0.25, -0.2) is 8.42 Å². The fourth-order valence-electron chi connectivity index (χ4n) is 3.10. The first-order valence-electron chi connectivity index (χ1n) is 8.92. The quantitative estimate of drug-likeness (QED) is 0.848. The van der Waals surface area contributed by atoms with Crippen LogP contribution >= 0.6 is 0 Å². The van der Waals surface area contributed by atoms with Crippen molar-refractivity contribution in [2.45, 2.75) is 30.6 Å². The molecule has 1 amide bonds. The molecule has 0 aliphatic carbocycles. The highest BCUT2D eigenvalue weighted by Gasteiger charge is 2.27. The standard InChI is InChI=1S/C20H24N2O3S/c1-16(17-7-3-2-4-8-17)15-21-20(23)18-9-11-19(12-10-18)26(24,25)22-13-5-6-14-22/h2-4,7-12,16H,5-6,13-15H2,1H3,(H,21,23)/t16-/m0/s1. The van der Waals surface area contributed by atoms with Crippen LogP contribution in [0.3, 0.4) is 0 Å². The molecule has 1 atom stereocenters. The van der Waals surface area contributed by atoms with Crippen LogP contribution in [-0.2, 0) is 10.0 Å². The van der Waals surface area contributed by atoms with E-state index in [1.165, 1.54) is 22.0 Å². The van der Waals surface area contributed by atoms with Crippen LogP contribution in [-0.4, -0.2) is 38.3 Å². The van der Waals surface area contributed by atoms with Crippen LogP contribution in [0.4, 0.5) is 0 Å². The number of carbonyl (C=O) groups excluding carboxylic acids is 1. The third-order valence-electron chi connectivity index (χ3n) is 4.76. The van der Waals surface area contributed by atoms with Crippen LogP contribution < -0.4 is 5.32 Å². The second-order valence-corrected chi connectivity index (χ2v) is 8.60. The minimum absolute atomic E-state index is 0.196. The number of carbonyl (C=O) groups is 1. The molecule has 26 heavy (non-hydrogen) atoms. The SMILES string of the molecule is C[C@@H](CNC(=O)c1ccc(S(=O)(=O)N2CCCC2)cc1)c1ccccc1. The number of nitrogens with zero attached hydrogens (tertiary/aromatic N) is 1. The fourth-order valence-corrected chi connectivity index (χ4v) is 4.62. The third-order valence-corrected chi connectivity index (χ3v) is 6.67. The molecule has 2 aromatic rings. The van der Waals surface area contributed by atoms with Crippen molar-refractivity contribution in [2.24, 2.45) is 0 Å². The highest BCUT2D eigenvalue weighted by Crippen LogP contribution is 2.21. The molecule has 0 radical (unpaired) electrons. The van der Waals surface area contributed by atoms with Crippen LogP contribution in [0.15, 0.2) is 59.5 Å². The Hall–Kier alpha value is -2.18. The molecule has 1 N–H and O–H groups in total. The van der Waals surface area contributed by atoms with Gasteiger partial charge < -0.3 is 5.32 Å². The van der Waals surface area contributed by atoms with Crippen LogP contribution in [0.2, 0.25) is 0 Å². The zero-order chi connectivity index (χ0) is 18.6. The molecule has 3 rings (SSSR count). The molecule has 5 nitrogen and oxygen atoms in total. The van der Waals surface area contributed by atoms with Gasteiger partial charge in [-0.05, 0) is 48.6 Å². The maximum Gasteiger partial charge on any atom is 0.251 e. The van der Waals surface area contributed by atoms with E-state index in [1.54, 1.807) is 12.1 Å². The predicted octanol–water partition coefficient (Wildman–Crippen LogP) is 3.00. The summed E-state index contributed by atoms with van der Waals surface area (Å²) in [5.41, 5.74) is 1.63. The summed E-state index contributed by atoms with van der Waals surface area (Å²) in [6, 6.07) is 16.2. The molecular weight excluding hydrogens is 348 g/mol. The smallest absolute Gasteiger partial charge is 0.251 e. The van der Waals surface area contributed by atoms with Gasteiger partial charge in [0.25, 0.3) is 5.91 Å². The number of sulfonamides is 1. The fraction of sp³-hybridized carbons (Fsp3) is 0.350.